The van der Waals surface area contributed by atoms with Gasteiger partial charge in [-0.1, -0.05) is 17.7 Å². The number of hydrogen-bond donors (Lipinski definition) is 0. The number of rotatable bonds is 1. The van der Waals surface area contributed by atoms with Gasteiger partial charge in [0.2, 0.25) is 0 Å². The highest BCUT2D eigenvalue weighted by molar-refractivity contribution is 5.90. The van der Waals surface area contributed by atoms with E-state index in [0.717, 1.165) is 31.6 Å². The predicted molar refractivity (Wildman–Crippen MR) is 102 cm³/mol. The van der Waals surface area contributed by atoms with Crippen LogP contribution >= 0.6 is 0 Å². The largest absolute Gasteiger partial charge is 0.336 e. The zero-order chi connectivity index (χ0) is 17.1. The van der Waals surface area contributed by atoms with E-state index in [9.17, 15) is 0 Å². The first-order chi connectivity index (χ1) is 12.1. The van der Waals surface area contributed by atoms with E-state index in [1.54, 1.807) is 11.3 Å². The molecular weight excluding hydrogens is 306 g/mol. The summed E-state index contributed by atoms with van der Waals surface area (Å²) in [5.41, 5.74) is 9.98. The maximum Gasteiger partial charge on any atom is 0.0607 e. The molecular formula is C22H25N3. The van der Waals surface area contributed by atoms with Crippen LogP contribution in [0.25, 0.3) is 10.9 Å². The molecule has 1 aromatic carbocycles. The quantitative estimate of drug-likeness (QED) is 0.667. The summed E-state index contributed by atoms with van der Waals surface area (Å²) in [5.74, 6) is 0. The van der Waals surface area contributed by atoms with Crippen LogP contribution in [-0.2, 0) is 19.4 Å². The fourth-order valence-corrected chi connectivity index (χ4v) is 4.85. The third-order valence-electron chi connectivity index (χ3n) is 6.01. The average molecular weight is 331 g/mol. The summed E-state index contributed by atoms with van der Waals surface area (Å²) in [5, 5.41) is 1.49. The summed E-state index contributed by atoms with van der Waals surface area (Å²) < 4.78 is 2.67. The number of nitrogens with zero attached hydrogens (tertiary/aromatic N) is 3. The van der Waals surface area contributed by atoms with Crippen LogP contribution in [0.1, 0.15) is 46.1 Å². The van der Waals surface area contributed by atoms with Gasteiger partial charge in [-0.2, -0.15) is 0 Å². The Balaban J connectivity index is 1.79. The van der Waals surface area contributed by atoms with Gasteiger partial charge < -0.3 is 9.47 Å². The van der Waals surface area contributed by atoms with Crippen molar-refractivity contribution in [2.45, 2.75) is 45.7 Å². The van der Waals surface area contributed by atoms with Crippen molar-refractivity contribution in [1.82, 2.24) is 14.5 Å². The number of fused-ring (bicyclic) bond motifs is 3. The summed E-state index contributed by atoms with van der Waals surface area (Å²) in [6, 6.07) is 9.67. The normalized spacial score (nSPS) is 20.0. The number of pyridine rings is 1. The predicted octanol–water partition coefficient (Wildman–Crippen LogP) is 4.18. The Morgan fingerprint density at radius 1 is 1.12 bits per heavy atom. The lowest BCUT2D eigenvalue weighted by atomic mass is 9.93. The van der Waals surface area contributed by atoms with Gasteiger partial charge in [-0.3, -0.25) is 4.98 Å². The summed E-state index contributed by atoms with van der Waals surface area (Å²) >= 11 is 0. The minimum atomic E-state index is 0.429. The molecule has 128 valence electrons. The first-order valence-corrected chi connectivity index (χ1v) is 9.38. The molecule has 0 saturated heterocycles. The number of aryl methyl sites for hydroxylation is 3. The van der Waals surface area contributed by atoms with Crippen molar-refractivity contribution in [1.29, 1.82) is 0 Å². The topological polar surface area (TPSA) is 21.1 Å². The SMILES string of the molecule is Cc1cc2c3c(c1)c1c(n3C(c3ccc(C)nc3)CC2)CCN(C)C1. The lowest BCUT2D eigenvalue weighted by Crippen LogP contribution is -2.28. The minimum absolute atomic E-state index is 0.429. The molecule has 2 aromatic heterocycles. The molecule has 0 radical (unpaired) electrons. The summed E-state index contributed by atoms with van der Waals surface area (Å²) in [4.78, 5) is 7.03. The van der Waals surface area contributed by atoms with E-state index < -0.39 is 0 Å². The van der Waals surface area contributed by atoms with E-state index >= 15 is 0 Å². The molecule has 0 bridgehead atoms. The molecule has 25 heavy (non-hydrogen) atoms. The highest BCUT2D eigenvalue weighted by Gasteiger charge is 2.31. The number of aromatic nitrogens is 2. The van der Waals surface area contributed by atoms with Crippen molar-refractivity contribution in [2.75, 3.05) is 13.6 Å². The van der Waals surface area contributed by atoms with Gasteiger partial charge in [0.15, 0.2) is 0 Å². The van der Waals surface area contributed by atoms with Crippen molar-refractivity contribution < 1.29 is 0 Å². The van der Waals surface area contributed by atoms with Gasteiger partial charge in [0.1, 0.15) is 0 Å². The van der Waals surface area contributed by atoms with E-state index in [-0.39, 0.29) is 0 Å². The lowest BCUT2D eigenvalue weighted by molar-refractivity contribution is 0.307. The molecule has 0 N–H and O–H groups in total. The van der Waals surface area contributed by atoms with Gasteiger partial charge in [0.05, 0.1) is 11.6 Å². The van der Waals surface area contributed by atoms with E-state index in [4.69, 9.17) is 0 Å². The van der Waals surface area contributed by atoms with Gasteiger partial charge in [-0.15, -0.1) is 0 Å². The molecule has 2 aliphatic heterocycles. The van der Waals surface area contributed by atoms with E-state index in [2.05, 4.69) is 65.8 Å². The fraction of sp³-hybridized carbons (Fsp3) is 0.409. The van der Waals surface area contributed by atoms with Crippen LogP contribution in [0, 0.1) is 13.8 Å². The van der Waals surface area contributed by atoms with Crippen molar-refractivity contribution in [3.05, 3.63) is 64.1 Å². The Bertz CT molecular complexity index is 965. The van der Waals surface area contributed by atoms with Crippen LogP contribution in [0.5, 0.6) is 0 Å². The Morgan fingerprint density at radius 3 is 2.80 bits per heavy atom. The first-order valence-electron chi connectivity index (χ1n) is 9.38. The van der Waals surface area contributed by atoms with Crippen LogP contribution in [0.4, 0.5) is 0 Å². The second-order valence-corrected chi connectivity index (χ2v) is 7.89. The molecule has 0 fully saturated rings. The van der Waals surface area contributed by atoms with Crippen molar-refractivity contribution >= 4 is 10.9 Å². The molecule has 3 heteroatoms. The maximum absolute atomic E-state index is 4.58. The van der Waals surface area contributed by atoms with Crippen LogP contribution in [0.15, 0.2) is 30.5 Å². The van der Waals surface area contributed by atoms with Gasteiger partial charge in [0.25, 0.3) is 0 Å². The molecule has 0 spiro atoms. The third kappa shape index (κ3) is 2.26. The Kier molecular flexibility index (Phi) is 3.29. The summed E-state index contributed by atoms with van der Waals surface area (Å²) in [6.07, 6.45) is 5.57. The van der Waals surface area contributed by atoms with Gasteiger partial charge in [-0.05, 0) is 62.6 Å². The third-order valence-corrected chi connectivity index (χ3v) is 6.01. The lowest BCUT2D eigenvalue weighted by Gasteiger charge is -2.30. The van der Waals surface area contributed by atoms with Crippen LogP contribution in [-0.4, -0.2) is 28.0 Å². The second-order valence-electron chi connectivity index (χ2n) is 7.89. The Labute approximate surface area is 149 Å². The summed E-state index contributed by atoms with van der Waals surface area (Å²) in [7, 11) is 2.24. The molecule has 0 aliphatic carbocycles. The molecule has 2 aliphatic rings. The first kappa shape index (κ1) is 15.2. The summed E-state index contributed by atoms with van der Waals surface area (Å²) in [6.45, 7) is 6.52. The minimum Gasteiger partial charge on any atom is -0.336 e. The smallest absolute Gasteiger partial charge is 0.0607 e. The van der Waals surface area contributed by atoms with Gasteiger partial charge >= 0.3 is 0 Å². The van der Waals surface area contributed by atoms with Gasteiger partial charge in [0, 0.05) is 42.5 Å². The Hall–Kier alpha value is -2.13. The van der Waals surface area contributed by atoms with E-state index in [1.165, 1.54) is 34.0 Å². The zero-order valence-corrected chi connectivity index (χ0v) is 15.3. The molecule has 1 unspecified atom stereocenters. The van der Waals surface area contributed by atoms with Crippen LogP contribution < -0.4 is 0 Å². The number of hydrogen-bond acceptors (Lipinski definition) is 2. The highest BCUT2D eigenvalue weighted by Crippen LogP contribution is 2.42. The molecule has 1 atom stereocenters. The average Bonchev–Trinajstić information content (AvgIpc) is 2.91. The van der Waals surface area contributed by atoms with E-state index in [1.807, 2.05) is 0 Å². The molecule has 5 rings (SSSR count). The van der Waals surface area contributed by atoms with Crippen molar-refractivity contribution in [3.63, 3.8) is 0 Å². The zero-order valence-electron chi connectivity index (χ0n) is 15.3. The molecule has 4 heterocycles. The molecule has 3 aromatic rings. The number of likely N-dealkylation sites (N-methyl/N-ethyl adjacent to an activating group) is 1. The molecule has 3 nitrogen and oxygen atoms in total. The molecule has 0 amide bonds. The monoisotopic (exact) mass is 331 g/mol. The van der Waals surface area contributed by atoms with Crippen molar-refractivity contribution in [2.24, 2.45) is 0 Å². The molecule has 0 saturated carbocycles. The van der Waals surface area contributed by atoms with Crippen LogP contribution in [0.3, 0.4) is 0 Å². The standard InChI is InChI=1S/C22H25N3/c1-14-10-16-6-7-20(17-5-4-15(2)23-12-17)25-21-8-9-24(3)13-19(21)18(11-14)22(16)25/h4-5,10-12,20H,6-9,13H2,1-3H3. The fourth-order valence-electron chi connectivity index (χ4n) is 4.85. The van der Waals surface area contributed by atoms with Crippen LogP contribution in [0.2, 0.25) is 0 Å². The second kappa shape index (κ2) is 5.43. The van der Waals surface area contributed by atoms with Gasteiger partial charge in [-0.25, -0.2) is 0 Å². The maximum atomic E-state index is 4.58. The highest BCUT2D eigenvalue weighted by atomic mass is 15.1. The van der Waals surface area contributed by atoms with E-state index in [0.29, 0.717) is 6.04 Å². The number of benzene rings is 1. The Morgan fingerprint density at radius 2 is 2.00 bits per heavy atom. The van der Waals surface area contributed by atoms with Crippen molar-refractivity contribution in [3.8, 4) is 0 Å².